The van der Waals surface area contributed by atoms with E-state index in [-0.39, 0.29) is 58.2 Å². The number of anilines is 2. The molecule has 0 radical (unpaired) electrons. The van der Waals surface area contributed by atoms with Crippen LogP contribution in [0.5, 0.6) is 17.4 Å². The number of ether oxygens (including phenoxy) is 4. The lowest BCUT2D eigenvalue weighted by Gasteiger charge is -2.48. The van der Waals surface area contributed by atoms with Crippen molar-refractivity contribution in [2.24, 2.45) is 0 Å². The molecule has 11 nitrogen and oxygen atoms in total. The minimum atomic E-state index is -5.01. The summed E-state index contributed by atoms with van der Waals surface area (Å²) in [4.78, 5) is 32.8. The van der Waals surface area contributed by atoms with Gasteiger partial charge in [0.15, 0.2) is 5.82 Å². The summed E-state index contributed by atoms with van der Waals surface area (Å²) in [6.45, 7) is 9.16. The molecular formula is C44H45ClF4N6O5. The average molecular weight is 849 g/mol. The van der Waals surface area contributed by atoms with Crippen LogP contribution in [0.25, 0.3) is 22.2 Å². The number of carbonyl (C=O) groups is 1. The molecule has 2 fully saturated rings. The van der Waals surface area contributed by atoms with Crippen molar-refractivity contribution in [2.45, 2.75) is 96.6 Å². The third kappa shape index (κ3) is 7.45. The molecule has 3 aromatic carbocycles. The zero-order chi connectivity index (χ0) is 42.8. The molecule has 2 aromatic heterocycles. The molecule has 0 N–H and O–H groups in total. The fourth-order valence-electron chi connectivity index (χ4n) is 8.87. The number of alkyl halides is 3. The second kappa shape index (κ2) is 15.5. The van der Waals surface area contributed by atoms with Crippen LogP contribution in [-0.4, -0.2) is 76.5 Å². The molecule has 5 heterocycles. The fraction of sp³-hybridized carbons (Fsp3) is 0.409. The Hall–Kier alpha value is -5.57. The summed E-state index contributed by atoms with van der Waals surface area (Å²) < 4.78 is 86.5. The Morgan fingerprint density at radius 3 is 2.15 bits per heavy atom. The third-order valence-corrected chi connectivity index (χ3v) is 11.8. The number of hydrogen-bond acceptors (Lipinski definition) is 10. The maximum Gasteiger partial charge on any atom is 0.417 e. The Morgan fingerprint density at radius 1 is 0.967 bits per heavy atom. The van der Waals surface area contributed by atoms with Gasteiger partial charge in [0, 0.05) is 19.6 Å². The Labute approximate surface area is 350 Å². The molecule has 1 amide bonds. The van der Waals surface area contributed by atoms with Gasteiger partial charge in [-0.15, -0.1) is 0 Å². The van der Waals surface area contributed by atoms with E-state index in [9.17, 15) is 4.79 Å². The predicted octanol–water partition coefficient (Wildman–Crippen LogP) is 9.77. The van der Waals surface area contributed by atoms with Crippen molar-refractivity contribution in [1.29, 1.82) is 0 Å². The lowest BCUT2D eigenvalue weighted by molar-refractivity contribution is -0.137. The Kier molecular flexibility index (Phi) is 10.6. The van der Waals surface area contributed by atoms with Crippen molar-refractivity contribution >= 4 is 40.1 Å². The number of aryl methyl sites for hydroxylation is 1. The highest BCUT2D eigenvalue weighted by molar-refractivity contribution is 6.38. The fourth-order valence-corrected chi connectivity index (χ4v) is 9.15. The van der Waals surface area contributed by atoms with Crippen LogP contribution in [0.3, 0.4) is 0 Å². The molecule has 2 bridgehead atoms. The SMILES string of the molecule is COc1ccc(CN(Cc2ccc(OC)cc2)c2cc(C)c(C(F)(F)F)c(-c3nc4c5c(ncnc5c3Cl)N3CC5CCC(C3C(C)O4)N5C(=O)OC(C)(C)C)c2F)cc1. The van der Waals surface area contributed by atoms with E-state index in [0.29, 0.717) is 30.3 Å². The van der Waals surface area contributed by atoms with Crippen molar-refractivity contribution in [3.05, 3.63) is 94.0 Å². The number of pyridine rings is 1. The van der Waals surface area contributed by atoms with Crippen LogP contribution in [-0.2, 0) is 24.0 Å². The summed E-state index contributed by atoms with van der Waals surface area (Å²) >= 11 is 7.09. The third-order valence-electron chi connectivity index (χ3n) is 11.4. The molecule has 0 aliphatic carbocycles. The molecule has 0 saturated carbocycles. The molecular weight excluding hydrogens is 804 g/mol. The van der Waals surface area contributed by atoms with E-state index in [1.807, 2.05) is 52.0 Å². The number of hydrogen-bond donors (Lipinski definition) is 0. The van der Waals surface area contributed by atoms with Crippen LogP contribution in [0.15, 0.2) is 60.9 Å². The van der Waals surface area contributed by atoms with Crippen molar-refractivity contribution in [1.82, 2.24) is 19.9 Å². The van der Waals surface area contributed by atoms with Gasteiger partial charge in [0.25, 0.3) is 0 Å². The van der Waals surface area contributed by atoms with Crippen molar-refractivity contribution in [3.8, 4) is 28.6 Å². The highest BCUT2D eigenvalue weighted by Gasteiger charge is 2.54. The lowest BCUT2D eigenvalue weighted by atomic mass is 9.95. The van der Waals surface area contributed by atoms with Gasteiger partial charge in [0.05, 0.1) is 59.9 Å². The molecule has 5 aromatic rings. The van der Waals surface area contributed by atoms with Gasteiger partial charge < -0.3 is 28.7 Å². The van der Waals surface area contributed by atoms with Gasteiger partial charge in [-0.1, -0.05) is 35.9 Å². The Morgan fingerprint density at radius 2 is 1.58 bits per heavy atom. The van der Waals surface area contributed by atoms with Gasteiger partial charge in [-0.2, -0.15) is 13.2 Å². The standard InChI is InChI=1S/C44H45ClF4N6O5/c1-23-18-31(53(19-25-8-13-28(57-6)14-9-25)20-26-10-15-29(58-7)16-11-26)36(46)32(34(23)44(47,48)49)38-35(45)37-33-40(51-22-50-37)54-21-27-12-17-30(39(54)24(2)59-41(33)52-38)55(27)42(56)60-43(3,4)5/h8-11,13-16,18,22,24,27,30,39H,12,17,19-21H2,1-7H3. The molecule has 8 rings (SSSR count). The van der Waals surface area contributed by atoms with E-state index >= 15 is 17.6 Å². The summed E-state index contributed by atoms with van der Waals surface area (Å²) in [6.07, 6.45) is -3.44. The van der Waals surface area contributed by atoms with Gasteiger partial charge in [-0.05, 0) is 94.5 Å². The van der Waals surface area contributed by atoms with Gasteiger partial charge in [0.2, 0.25) is 5.88 Å². The van der Waals surface area contributed by atoms with Crippen LogP contribution in [0.1, 0.15) is 62.8 Å². The smallest absolute Gasteiger partial charge is 0.417 e. The van der Waals surface area contributed by atoms with Gasteiger partial charge >= 0.3 is 12.3 Å². The highest BCUT2D eigenvalue weighted by atomic mass is 35.5. The molecule has 0 spiro atoms. The first-order valence-electron chi connectivity index (χ1n) is 19.7. The summed E-state index contributed by atoms with van der Waals surface area (Å²) in [7, 11) is 3.09. The minimum absolute atomic E-state index is 0.0559. The summed E-state index contributed by atoms with van der Waals surface area (Å²) in [5.41, 5.74) is -2.01. The lowest BCUT2D eigenvalue weighted by Crippen LogP contribution is -2.65. The number of nitrogens with zero attached hydrogens (tertiary/aromatic N) is 6. The van der Waals surface area contributed by atoms with Gasteiger partial charge in [-0.25, -0.2) is 24.1 Å². The zero-order valence-corrected chi connectivity index (χ0v) is 35.0. The number of halogens is 5. The molecule has 4 atom stereocenters. The first-order chi connectivity index (χ1) is 28.5. The van der Waals surface area contributed by atoms with Crippen molar-refractivity contribution in [2.75, 3.05) is 30.6 Å². The molecule has 316 valence electrons. The second-order valence-corrected chi connectivity index (χ2v) is 16.9. The van der Waals surface area contributed by atoms with Crippen LogP contribution in [0.2, 0.25) is 5.02 Å². The number of methoxy groups -OCH3 is 2. The molecule has 60 heavy (non-hydrogen) atoms. The van der Waals surface area contributed by atoms with E-state index in [4.69, 9.17) is 30.5 Å². The Balaban J connectivity index is 1.27. The van der Waals surface area contributed by atoms with Crippen molar-refractivity contribution < 1.29 is 41.3 Å². The average Bonchev–Trinajstić information content (AvgIpc) is 3.45. The van der Waals surface area contributed by atoms with E-state index in [2.05, 4.69) is 19.9 Å². The maximum atomic E-state index is 17.7. The van der Waals surface area contributed by atoms with Crippen LogP contribution in [0.4, 0.5) is 33.9 Å². The normalized spacial score (nSPS) is 19.7. The number of benzene rings is 3. The number of rotatable bonds is 8. The molecule has 3 aliphatic rings. The van der Waals surface area contributed by atoms with E-state index in [1.165, 1.54) is 19.3 Å². The highest BCUT2D eigenvalue weighted by Crippen LogP contribution is 2.50. The topological polar surface area (TPSA) is 102 Å². The first kappa shape index (κ1) is 41.2. The van der Waals surface area contributed by atoms with Gasteiger partial charge in [0.1, 0.15) is 46.3 Å². The summed E-state index contributed by atoms with van der Waals surface area (Å²) in [6, 6.07) is 14.5. The predicted molar refractivity (Wildman–Crippen MR) is 219 cm³/mol. The minimum Gasteiger partial charge on any atom is -0.497 e. The molecule has 2 saturated heterocycles. The van der Waals surface area contributed by atoms with Crippen LogP contribution < -0.4 is 24.0 Å². The summed E-state index contributed by atoms with van der Waals surface area (Å²) in [5, 5.41) is -0.00604. The largest absolute Gasteiger partial charge is 0.497 e. The number of amides is 1. The number of fused-ring (bicyclic) bond motifs is 5. The maximum absolute atomic E-state index is 17.7. The van der Waals surface area contributed by atoms with Crippen LogP contribution in [0, 0.1) is 12.7 Å². The van der Waals surface area contributed by atoms with Crippen LogP contribution >= 0.6 is 11.6 Å². The number of piperazine rings is 1. The van der Waals surface area contributed by atoms with Crippen molar-refractivity contribution in [3.63, 3.8) is 0 Å². The van der Waals surface area contributed by atoms with Gasteiger partial charge in [-0.3, -0.25) is 4.90 Å². The van der Waals surface area contributed by atoms with E-state index in [0.717, 1.165) is 17.5 Å². The number of aromatic nitrogens is 3. The quantitative estimate of drug-likeness (QED) is 0.140. The molecule has 3 aliphatic heterocycles. The molecule has 16 heteroatoms. The first-order valence-corrected chi connectivity index (χ1v) is 20.1. The van der Waals surface area contributed by atoms with E-state index < -0.39 is 52.7 Å². The zero-order valence-electron chi connectivity index (χ0n) is 34.2. The monoisotopic (exact) mass is 848 g/mol. The Bertz CT molecular complexity index is 2400. The number of carbonyl (C=O) groups excluding carboxylic acids is 1. The molecule has 4 unspecified atom stereocenters. The van der Waals surface area contributed by atoms with E-state index in [1.54, 1.807) is 48.3 Å². The summed E-state index contributed by atoms with van der Waals surface area (Å²) in [5.74, 6) is 0.379. The second-order valence-electron chi connectivity index (χ2n) is 16.5.